The number of hydrogen-bond donors (Lipinski definition) is 1. The molecule has 1 aromatic heterocycles. The molecule has 2 aromatic rings. The Labute approximate surface area is 248 Å². The molecule has 0 bridgehead atoms. The fraction of sp³-hybridized carbons (Fsp3) is 0.552. The Hall–Kier alpha value is -2.30. The lowest BCUT2D eigenvalue weighted by Gasteiger charge is -2.42. The van der Waals surface area contributed by atoms with Gasteiger partial charge in [-0.25, -0.2) is 4.39 Å². The third-order valence-corrected chi connectivity index (χ3v) is 7.85. The Kier molecular flexibility index (Phi) is 10.6. The van der Waals surface area contributed by atoms with Gasteiger partial charge in [0.1, 0.15) is 12.4 Å². The maximum Gasteiger partial charge on any atom is 0.248 e. The van der Waals surface area contributed by atoms with Crippen molar-refractivity contribution in [1.29, 1.82) is 0 Å². The van der Waals surface area contributed by atoms with Crippen molar-refractivity contribution in [3.8, 4) is 0 Å². The summed E-state index contributed by atoms with van der Waals surface area (Å²) in [5.74, 6) is -0.214. The molecule has 8 nitrogen and oxygen atoms in total. The van der Waals surface area contributed by atoms with Crippen LogP contribution in [0.25, 0.3) is 0 Å². The molecule has 40 heavy (non-hydrogen) atoms. The Morgan fingerprint density at radius 1 is 1.15 bits per heavy atom. The zero-order valence-electron chi connectivity index (χ0n) is 23.6. The average Bonchev–Trinajstić information content (AvgIpc) is 3.14. The first-order chi connectivity index (χ1) is 18.1. The van der Waals surface area contributed by atoms with Gasteiger partial charge < -0.3 is 19.9 Å². The predicted octanol–water partition coefficient (Wildman–Crippen LogP) is 3.19. The van der Waals surface area contributed by atoms with Crippen molar-refractivity contribution in [2.75, 3.05) is 50.8 Å². The van der Waals surface area contributed by atoms with Gasteiger partial charge in [-0.3, -0.25) is 19.5 Å². The van der Waals surface area contributed by atoms with Crippen molar-refractivity contribution in [2.24, 2.45) is 0 Å². The van der Waals surface area contributed by atoms with Crippen LogP contribution in [0.4, 0.5) is 10.1 Å². The number of hydrogen-bond acceptors (Lipinski definition) is 6. The van der Waals surface area contributed by atoms with E-state index in [2.05, 4.69) is 37.1 Å². The smallest absolute Gasteiger partial charge is 0.248 e. The van der Waals surface area contributed by atoms with E-state index in [4.69, 9.17) is 9.72 Å². The second kappa shape index (κ2) is 13.1. The van der Waals surface area contributed by atoms with Crippen molar-refractivity contribution in [1.82, 2.24) is 20.1 Å². The summed E-state index contributed by atoms with van der Waals surface area (Å²) in [6.45, 7) is 11.9. The number of fused-ring (bicyclic) bond motifs is 1. The van der Waals surface area contributed by atoms with Gasteiger partial charge in [-0.2, -0.15) is 0 Å². The second-order valence-electron chi connectivity index (χ2n) is 11.7. The van der Waals surface area contributed by atoms with Crippen LogP contribution in [-0.2, 0) is 26.2 Å². The predicted molar refractivity (Wildman–Crippen MR) is 158 cm³/mol. The molecule has 0 unspecified atom stereocenters. The van der Waals surface area contributed by atoms with Crippen molar-refractivity contribution < 1.29 is 18.7 Å². The van der Waals surface area contributed by atoms with Crippen LogP contribution < -0.4 is 10.2 Å². The van der Waals surface area contributed by atoms with Crippen LogP contribution in [0.1, 0.15) is 44.5 Å². The van der Waals surface area contributed by atoms with Crippen LogP contribution in [0.5, 0.6) is 0 Å². The van der Waals surface area contributed by atoms with E-state index in [1.165, 1.54) is 12.1 Å². The Morgan fingerprint density at radius 3 is 2.60 bits per heavy atom. The highest BCUT2D eigenvalue weighted by atomic mass is 35.5. The van der Waals surface area contributed by atoms with Crippen LogP contribution >= 0.6 is 24.8 Å². The number of aromatic nitrogens is 1. The summed E-state index contributed by atoms with van der Waals surface area (Å²) in [5.41, 5.74) is 3.50. The number of carbonyl (C=O) groups is 2. The third kappa shape index (κ3) is 7.12. The zero-order valence-corrected chi connectivity index (χ0v) is 25.2. The first kappa shape index (κ1) is 32.2. The summed E-state index contributed by atoms with van der Waals surface area (Å²) in [6, 6.07) is 8.84. The molecule has 220 valence electrons. The van der Waals surface area contributed by atoms with Gasteiger partial charge in [-0.1, -0.05) is 26.0 Å². The average molecular weight is 597 g/mol. The molecule has 2 saturated heterocycles. The quantitative estimate of drug-likeness (QED) is 0.552. The first-order valence-corrected chi connectivity index (χ1v) is 13.5. The highest BCUT2D eigenvalue weighted by Crippen LogP contribution is 2.39. The number of ether oxygens (including phenoxy) is 1. The molecule has 3 aliphatic rings. The van der Waals surface area contributed by atoms with E-state index in [1.807, 2.05) is 22.9 Å². The SMILES string of the molecule is C[C@@H]1CN(CC(=O)N2CC(C)(C)c3ncc(Cc4ccc(F)cc4)cc32)[C@@H](CN2C[C@H](C)OCC2=O)CN1.Cl.Cl. The summed E-state index contributed by atoms with van der Waals surface area (Å²) in [6.07, 6.45) is 2.50. The summed E-state index contributed by atoms with van der Waals surface area (Å²) in [5, 5.41) is 3.51. The van der Waals surface area contributed by atoms with Crippen LogP contribution in [-0.4, -0.2) is 90.7 Å². The number of amides is 2. The number of carbonyl (C=O) groups excluding carboxylic acids is 2. The summed E-state index contributed by atoms with van der Waals surface area (Å²) in [7, 11) is 0. The minimum absolute atomic E-state index is 0. The van der Waals surface area contributed by atoms with Gasteiger partial charge in [-0.05, 0) is 49.6 Å². The van der Waals surface area contributed by atoms with Crippen LogP contribution in [0.3, 0.4) is 0 Å². The molecule has 4 heterocycles. The molecule has 0 aliphatic carbocycles. The van der Waals surface area contributed by atoms with E-state index in [0.717, 1.165) is 35.6 Å². The van der Waals surface area contributed by atoms with Gasteiger partial charge >= 0.3 is 0 Å². The number of pyridine rings is 1. The molecule has 11 heteroatoms. The molecule has 3 atom stereocenters. The second-order valence-corrected chi connectivity index (χ2v) is 11.7. The number of nitrogens with one attached hydrogen (secondary N) is 1. The normalized spacial score (nSPS) is 24.2. The number of piperazine rings is 1. The van der Waals surface area contributed by atoms with Crippen molar-refractivity contribution in [3.63, 3.8) is 0 Å². The molecule has 0 saturated carbocycles. The molecule has 0 radical (unpaired) electrons. The van der Waals surface area contributed by atoms with Gasteiger partial charge in [0.15, 0.2) is 0 Å². The monoisotopic (exact) mass is 595 g/mol. The fourth-order valence-electron chi connectivity index (χ4n) is 5.80. The van der Waals surface area contributed by atoms with E-state index >= 15 is 0 Å². The van der Waals surface area contributed by atoms with Crippen LogP contribution in [0.2, 0.25) is 0 Å². The number of morpholine rings is 1. The highest BCUT2D eigenvalue weighted by Gasteiger charge is 2.41. The summed E-state index contributed by atoms with van der Waals surface area (Å²) >= 11 is 0. The van der Waals surface area contributed by atoms with E-state index < -0.39 is 0 Å². The number of rotatable bonds is 6. The lowest BCUT2D eigenvalue weighted by atomic mass is 9.91. The largest absolute Gasteiger partial charge is 0.367 e. The van der Waals surface area contributed by atoms with Gasteiger partial charge in [-0.15, -0.1) is 24.8 Å². The minimum atomic E-state index is -0.258. The maximum atomic E-state index is 13.8. The first-order valence-electron chi connectivity index (χ1n) is 13.5. The van der Waals surface area contributed by atoms with Crippen LogP contribution in [0.15, 0.2) is 36.5 Å². The number of anilines is 1. The molecule has 2 amide bonds. The Bertz CT molecular complexity index is 1200. The molecular formula is C29H40Cl2FN5O3. The van der Waals surface area contributed by atoms with E-state index in [0.29, 0.717) is 26.1 Å². The maximum absolute atomic E-state index is 13.8. The van der Waals surface area contributed by atoms with Crippen molar-refractivity contribution in [2.45, 2.75) is 57.7 Å². The van der Waals surface area contributed by atoms with E-state index in [-0.39, 0.29) is 79.2 Å². The van der Waals surface area contributed by atoms with E-state index in [1.54, 1.807) is 12.1 Å². The number of benzene rings is 1. The zero-order chi connectivity index (χ0) is 27.0. The van der Waals surface area contributed by atoms with E-state index in [9.17, 15) is 14.0 Å². The minimum Gasteiger partial charge on any atom is -0.367 e. The van der Waals surface area contributed by atoms with Crippen LogP contribution in [0, 0.1) is 5.82 Å². The van der Waals surface area contributed by atoms with Gasteiger partial charge in [0, 0.05) is 56.4 Å². The Balaban J connectivity index is 0.00000220. The van der Waals surface area contributed by atoms with Gasteiger partial charge in [0.2, 0.25) is 11.8 Å². The standard InChI is InChI=1S/C29H38FN5O3.2ClH/c1-19-13-33(24(12-31-19)15-34-14-20(2)38-17-27(34)37)16-26(36)35-18-29(3,4)28-25(35)10-22(11-32-28)9-21-5-7-23(30)8-6-21;;/h5-8,10-11,19-20,24,31H,9,12-18H2,1-4H3;2*1H/t19-,20+,24-;;/m1../s1. The topological polar surface area (TPSA) is 78.0 Å². The Morgan fingerprint density at radius 2 is 1.88 bits per heavy atom. The molecule has 5 rings (SSSR count). The lowest BCUT2D eigenvalue weighted by Crippen LogP contribution is -2.62. The molecule has 0 spiro atoms. The lowest BCUT2D eigenvalue weighted by molar-refractivity contribution is -0.149. The van der Waals surface area contributed by atoms with Gasteiger partial charge in [0.25, 0.3) is 0 Å². The fourth-order valence-corrected chi connectivity index (χ4v) is 5.80. The van der Waals surface area contributed by atoms with Crippen molar-refractivity contribution in [3.05, 3.63) is 59.2 Å². The molecule has 1 N–H and O–H groups in total. The van der Waals surface area contributed by atoms with Crippen molar-refractivity contribution >= 4 is 42.3 Å². The summed E-state index contributed by atoms with van der Waals surface area (Å²) < 4.78 is 18.8. The third-order valence-electron chi connectivity index (χ3n) is 7.85. The molecule has 1 aromatic carbocycles. The molecular weight excluding hydrogens is 556 g/mol. The molecule has 3 aliphatic heterocycles. The number of halogens is 3. The summed E-state index contributed by atoms with van der Waals surface area (Å²) in [4.78, 5) is 37.0. The highest BCUT2D eigenvalue weighted by molar-refractivity contribution is 5.97. The molecule has 2 fully saturated rings. The van der Waals surface area contributed by atoms with Gasteiger partial charge in [0.05, 0.1) is 24.0 Å². The number of nitrogens with zero attached hydrogens (tertiary/aromatic N) is 4.